The molecule has 0 bridgehead atoms. The van der Waals surface area contributed by atoms with Crippen LogP contribution < -0.4 is 11.1 Å². The maximum absolute atomic E-state index is 12.6. The summed E-state index contributed by atoms with van der Waals surface area (Å²) in [6.45, 7) is 0. The fourth-order valence-corrected chi connectivity index (χ4v) is 4.32. The first-order valence-corrected chi connectivity index (χ1v) is 8.96. The highest BCUT2D eigenvalue weighted by molar-refractivity contribution is 9.10. The fourth-order valence-electron chi connectivity index (χ4n) is 3.71. The second-order valence-corrected chi connectivity index (χ2v) is 7.33. The number of benzene rings is 3. The van der Waals surface area contributed by atoms with E-state index in [2.05, 4.69) is 26.2 Å². The summed E-state index contributed by atoms with van der Waals surface area (Å²) < 4.78 is 0.727. The number of aromatic hydroxyl groups is 1. The summed E-state index contributed by atoms with van der Waals surface area (Å²) in [5.41, 5.74) is 9.91. The maximum Gasteiger partial charge on any atom is 0.259 e. The predicted molar refractivity (Wildman–Crippen MR) is 107 cm³/mol. The Labute approximate surface area is 161 Å². The molecular formula is C20H12BrN3O3. The number of halogens is 1. The zero-order chi connectivity index (χ0) is 18.9. The van der Waals surface area contributed by atoms with Gasteiger partial charge in [-0.1, -0.05) is 22.0 Å². The molecule has 7 heteroatoms. The minimum atomic E-state index is -0.447. The van der Waals surface area contributed by atoms with E-state index in [1.54, 1.807) is 30.3 Å². The van der Waals surface area contributed by atoms with E-state index in [-0.39, 0.29) is 5.75 Å². The van der Waals surface area contributed by atoms with E-state index in [9.17, 15) is 14.7 Å². The van der Waals surface area contributed by atoms with Crippen LogP contribution in [-0.2, 0) is 0 Å². The molecular weight excluding hydrogens is 410 g/mol. The first-order chi connectivity index (χ1) is 12.9. The molecule has 0 spiro atoms. The second kappa shape index (κ2) is 5.34. The number of rotatable bonds is 1. The zero-order valence-electron chi connectivity index (χ0n) is 13.8. The van der Waals surface area contributed by atoms with E-state index in [4.69, 9.17) is 5.73 Å². The number of hydrogen-bond acceptors (Lipinski definition) is 4. The van der Waals surface area contributed by atoms with Gasteiger partial charge in [0.2, 0.25) is 0 Å². The van der Waals surface area contributed by atoms with Gasteiger partial charge in [-0.2, -0.15) is 0 Å². The smallest absolute Gasteiger partial charge is 0.259 e. The number of amides is 2. The van der Waals surface area contributed by atoms with E-state index in [1.807, 2.05) is 12.1 Å². The number of anilines is 1. The van der Waals surface area contributed by atoms with Crippen LogP contribution in [0.4, 0.5) is 5.69 Å². The number of nitrogens with one attached hydrogen (secondary N) is 2. The van der Waals surface area contributed by atoms with E-state index in [1.165, 1.54) is 0 Å². The molecule has 5 N–H and O–H groups in total. The normalized spacial score (nSPS) is 13.4. The first-order valence-electron chi connectivity index (χ1n) is 8.16. The highest BCUT2D eigenvalue weighted by atomic mass is 79.9. The van der Waals surface area contributed by atoms with Gasteiger partial charge in [0.25, 0.3) is 11.8 Å². The van der Waals surface area contributed by atoms with Crippen LogP contribution >= 0.6 is 15.9 Å². The van der Waals surface area contributed by atoms with Gasteiger partial charge in [0.15, 0.2) is 0 Å². The number of nitrogens with two attached hydrogens (primary N) is 1. The van der Waals surface area contributed by atoms with Gasteiger partial charge in [-0.3, -0.25) is 14.9 Å². The molecule has 5 rings (SSSR count). The SMILES string of the molecule is Nc1ccc(-c2cc3[nH]c4ccc(O)cc4c3c3c2C(=O)NC3=O)c(Br)c1. The summed E-state index contributed by atoms with van der Waals surface area (Å²) in [5.74, 6) is -0.796. The molecule has 6 nitrogen and oxygen atoms in total. The Morgan fingerprint density at radius 1 is 0.889 bits per heavy atom. The van der Waals surface area contributed by atoms with Crippen LogP contribution in [0.15, 0.2) is 46.9 Å². The Hall–Kier alpha value is -3.32. The van der Waals surface area contributed by atoms with Crippen LogP contribution in [0.2, 0.25) is 0 Å². The standard InChI is InChI=1S/C20H12BrN3O3/c21-13-5-8(22)1-3-10(13)11-7-15-16(18-17(11)19(26)24-20(18)27)12-6-9(25)2-4-14(12)23-15/h1-7,23,25H,22H2,(H,24,26,27). The summed E-state index contributed by atoms with van der Waals surface area (Å²) in [6.07, 6.45) is 0. The van der Waals surface area contributed by atoms with Gasteiger partial charge in [0.1, 0.15) is 5.75 Å². The summed E-state index contributed by atoms with van der Waals surface area (Å²) in [5, 5.41) is 13.6. The molecule has 27 heavy (non-hydrogen) atoms. The van der Waals surface area contributed by atoms with Crippen LogP contribution in [0, 0.1) is 0 Å². The molecule has 0 saturated carbocycles. The number of H-pyrrole nitrogens is 1. The number of aromatic nitrogens is 1. The number of hydrogen-bond donors (Lipinski definition) is 4. The van der Waals surface area contributed by atoms with Crippen molar-refractivity contribution in [2.24, 2.45) is 0 Å². The molecule has 0 radical (unpaired) electrons. The summed E-state index contributed by atoms with van der Waals surface area (Å²) in [4.78, 5) is 28.5. The number of fused-ring (bicyclic) bond motifs is 5. The van der Waals surface area contributed by atoms with Crippen molar-refractivity contribution in [1.82, 2.24) is 10.3 Å². The van der Waals surface area contributed by atoms with Crippen molar-refractivity contribution < 1.29 is 14.7 Å². The van der Waals surface area contributed by atoms with Crippen LogP contribution in [0.1, 0.15) is 20.7 Å². The lowest BCUT2D eigenvalue weighted by atomic mass is 9.93. The largest absolute Gasteiger partial charge is 0.508 e. The number of phenols is 1. The van der Waals surface area contributed by atoms with E-state index >= 15 is 0 Å². The molecule has 2 amide bonds. The van der Waals surface area contributed by atoms with E-state index in [0.29, 0.717) is 38.7 Å². The number of aromatic amines is 1. The van der Waals surface area contributed by atoms with Crippen molar-refractivity contribution in [2.75, 3.05) is 5.73 Å². The number of nitrogen functional groups attached to an aromatic ring is 1. The molecule has 0 aliphatic carbocycles. The minimum absolute atomic E-state index is 0.0900. The average molecular weight is 422 g/mol. The van der Waals surface area contributed by atoms with Gasteiger partial charge in [-0.25, -0.2) is 0 Å². The molecule has 1 aliphatic rings. The van der Waals surface area contributed by atoms with Crippen LogP contribution in [0.5, 0.6) is 5.75 Å². The van der Waals surface area contributed by atoms with Gasteiger partial charge in [0.05, 0.1) is 11.1 Å². The molecule has 0 fully saturated rings. The summed E-state index contributed by atoms with van der Waals surface area (Å²) in [6, 6.07) is 12.1. The third kappa shape index (κ3) is 2.18. The molecule has 1 aliphatic heterocycles. The van der Waals surface area contributed by atoms with Gasteiger partial charge in [-0.05, 0) is 47.5 Å². The topological polar surface area (TPSA) is 108 Å². The van der Waals surface area contributed by atoms with Crippen LogP contribution in [0.3, 0.4) is 0 Å². The number of carbonyl (C=O) groups is 2. The quantitative estimate of drug-likeness (QED) is 0.275. The molecule has 0 unspecified atom stereocenters. The Balaban J connectivity index is 1.97. The first kappa shape index (κ1) is 15.9. The van der Waals surface area contributed by atoms with Gasteiger partial charge in [0, 0.05) is 32.0 Å². The molecule has 1 aromatic heterocycles. The number of carbonyl (C=O) groups excluding carboxylic acids is 2. The minimum Gasteiger partial charge on any atom is -0.508 e. The molecule has 4 aromatic rings. The van der Waals surface area contributed by atoms with Crippen LogP contribution in [0.25, 0.3) is 32.9 Å². The van der Waals surface area contributed by atoms with E-state index < -0.39 is 11.8 Å². The fraction of sp³-hybridized carbons (Fsp3) is 0. The molecule has 0 atom stereocenters. The van der Waals surface area contributed by atoms with Gasteiger partial charge >= 0.3 is 0 Å². The Bertz CT molecular complexity index is 1320. The lowest BCUT2D eigenvalue weighted by Gasteiger charge is -2.10. The van der Waals surface area contributed by atoms with E-state index in [0.717, 1.165) is 15.6 Å². The summed E-state index contributed by atoms with van der Waals surface area (Å²) >= 11 is 3.50. The third-order valence-electron chi connectivity index (χ3n) is 4.83. The number of imide groups is 1. The molecule has 132 valence electrons. The van der Waals surface area contributed by atoms with Crippen molar-refractivity contribution in [1.29, 1.82) is 0 Å². The lowest BCUT2D eigenvalue weighted by Crippen LogP contribution is -2.20. The predicted octanol–water partition coefficient (Wildman–Crippen LogP) is 3.92. The Kier molecular flexibility index (Phi) is 3.14. The average Bonchev–Trinajstić information content (AvgIpc) is 3.11. The van der Waals surface area contributed by atoms with Crippen molar-refractivity contribution in [3.8, 4) is 16.9 Å². The van der Waals surface area contributed by atoms with Gasteiger partial charge in [-0.15, -0.1) is 0 Å². The van der Waals surface area contributed by atoms with Crippen molar-refractivity contribution in [2.45, 2.75) is 0 Å². The Morgan fingerprint density at radius 2 is 1.67 bits per heavy atom. The van der Waals surface area contributed by atoms with Crippen molar-refractivity contribution >= 4 is 55.2 Å². The monoisotopic (exact) mass is 421 g/mol. The third-order valence-corrected chi connectivity index (χ3v) is 5.49. The highest BCUT2D eigenvalue weighted by Gasteiger charge is 2.34. The maximum atomic E-state index is 12.6. The highest BCUT2D eigenvalue weighted by Crippen LogP contribution is 2.41. The molecule has 3 aromatic carbocycles. The van der Waals surface area contributed by atoms with Crippen molar-refractivity contribution in [3.63, 3.8) is 0 Å². The zero-order valence-corrected chi connectivity index (χ0v) is 15.3. The summed E-state index contributed by atoms with van der Waals surface area (Å²) in [7, 11) is 0. The Morgan fingerprint density at radius 3 is 2.44 bits per heavy atom. The lowest BCUT2D eigenvalue weighted by molar-refractivity contribution is 0.0880. The molecule has 0 saturated heterocycles. The molecule has 2 heterocycles. The van der Waals surface area contributed by atoms with Crippen molar-refractivity contribution in [3.05, 3.63) is 58.1 Å². The second-order valence-electron chi connectivity index (χ2n) is 6.47. The van der Waals surface area contributed by atoms with Gasteiger partial charge < -0.3 is 15.8 Å². The number of phenolic OH excluding ortho intramolecular Hbond substituents is 1. The van der Waals surface area contributed by atoms with Crippen LogP contribution in [-0.4, -0.2) is 21.9 Å².